The molecule has 0 aromatic carbocycles. The number of hydrogen-bond acceptors (Lipinski definition) is 4. The van der Waals surface area contributed by atoms with Gasteiger partial charge in [-0.3, -0.25) is 9.59 Å². The van der Waals surface area contributed by atoms with Crippen molar-refractivity contribution in [3.05, 3.63) is 28.2 Å². The molecule has 0 saturated carbocycles. The first kappa shape index (κ1) is 18.9. The van der Waals surface area contributed by atoms with Crippen molar-refractivity contribution >= 4 is 17.7 Å². The zero-order chi connectivity index (χ0) is 17.9. The molecule has 1 aromatic rings. The number of methoxy groups -OCH3 is 1. The fraction of sp³-hybridized carbons (Fsp3) is 0.667. The van der Waals surface area contributed by atoms with Crippen LogP contribution >= 0.6 is 11.8 Å². The second-order valence-corrected chi connectivity index (χ2v) is 9.12. The van der Waals surface area contributed by atoms with Gasteiger partial charge in [-0.15, -0.1) is 0 Å². The minimum absolute atomic E-state index is 0.0401. The quantitative estimate of drug-likeness (QED) is 0.836. The Balaban J connectivity index is 2.25. The fourth-order valence-electron chi connectivity index (χ4n) is 2.88. The molecule has 1 aromatic heterocycles. The summed E-state index contributed by atoms with van der Waals surface area (Å²) < 4.78 is 6.89. The van der Waals surface area contributed by atoms with Crippen molar-refractivity contribution in [3.8, 4) is 5.75 Å². The number of aryl methyl sites for hydroxylation is 1. The number of likely N-dealkylation sites (tertiary alicyclic amines) is 1. The van der Waals surface area contributed by atoms with E-state index in [2.05, 4.69) is 20.8 Å². The molecular weight excluding hydrogens is 324 g/mol. The molecule has 1 unspecified atom stereocenters. The van der Waals surface area contributed by atoms with Gasteiger partial charge in [0.25, 0.3) is 11.5 Å². The van der Waals surface area contributed by atoms with Crippen LogP contribution in [-0.4, -0.2) is 45.6 Å². The number of piperidine rings is 1. The van der Waals surface area contributed by atoms with Crippen LogP contribution in [0.15, 0.2) is 17.1 Å². The van der Waals surface area contributed by atoms with Crippen LogP contribution in [0.4, 0.5) is 0 Å². The highest BCUT2D eigenvalue weighted by molar-refractivity contribution is 8.00. The summed E-state index contributed by atoms with van der Waals surface area (Å²) in [4.78, 5) is 26.8. The van der Waals surface area contributed by atoms with Crippen molar-refractivity contribution in [1.29, 1.82) is 0 Å². The zero-order valence-corrected chi connectivity index (χ0v) is 16.1. The summed E-state index contributed by atoms with van der Waals surface area (Å²) in [6.45, 7) is 7.36. The first-order chi connectivity index (χ1) is 11.2. The minimum Gasteiger partial charge on any atom is -0.496 e. The van der Waals surface area contributed by atoms with Gasteiger partial charge in [-0.1, -0.05) is 20.8 Å². The maximum Gasteiger partial charge on any atom is 0.259 e. The van der Waals surface area contributed by atoms with Gasteiger partial charge in [0.1, 0.15) is 5.75 Å². The van der Waals surface area contributed by atoms with Crippen LogP contribution in [0.2, 0.25) is 0 Å². The van der Waals surface area contributed by atoms with E-state index in [4.69, 9.17) is 4.74 Å². The van der Waals surface area contributed by atoms with E-state index >= 15 is 0 Å². The number of thioether (sulfide) groups is 1. The Morgan fingerprint density at radius 1 is 1.38 bits per heavy atom. The molecule has 0 N–H and O–H groups in total. The van der Waals surface area contributed by atoms with Gasteiger partial charge in [0.05, 0.1) is 12.7 Å². The summed E-state index contributed by atoms with van der Waals surface area (Å²) in [5.41, 5.74) is 0.286. The second kappa shape index (κ2) is 7.64. The van der Waals surface area contributed by atoms with E-state index < -0.39 is 0 Å². The number of carbonyl (C=O) groups excluding carboxylic acids is 1. The SMILES string of the molecule is COc1cc(=O)n(C)cc1C(=O)N1CCCCC1CSC(C)(C)C. The Morgan fingerprint density at radius 2 is 2.08 bits per heavy atom. The average Bonchev–Trinajstić information content (AvgIpc) is 2.54. The van der Waals surface area contributed by atoms with Crippen LogP contribution in [0.1, 0.15) is 50.4 Å². The first-order valence-corrected chi connectivity index (χ1v) is 9.41. The smallest absolute Gasteiger partial charge is 0.259 e. The Bertz CT molecular complexity index is 649. The van der Waals surface area contributed by atoms with Crippen LogP contribution in [-0.2, 0) is 7.05 Å². The summed E-state index contributed by atoms with van der Waals surface area (Å²) in [5, 5.41) is 0. The molecule has 1 atom stereocenters. The maximum atomic E-state index is 13.1. The number of ether oxygens (including phenoxy) is 1. The van der Waals surface area contributed by atoms with Crippen molar-refractivity contribution in [1.82, 2.24) is 9.47 Å². The number of nitrogens with zero attached hydrogens (tertiary/aromatic N) is 2. The normalized spacial score (nSPS) is 18.5. The van der Waals surface area contributed by atoms with E-state index in [1.54, 1.807) is 13.2 Å². The van der Waals surface area contributed by atoms with Crippen molar-refractivity contribution in [2.45, 2.75) is 50.8 Å². The third-order valence-electron chi connectivity index (χ3n) is 4.24. The molecule has 1 aliphatic heterocycles. The zero-order valence-electron chi connectivity index (χ0n) is 15.3. The van der Waals surface area contributed by atoms with Gasteiger partial charge in [-0.05, 0) is 19.3 Å². The number of amides is 1. The lowest BCUT2D eigenvalue weighted by Gasteiger charge is -2.37. The van der Waals surface area contributed by atoms with E-state index in [0.717, 1.165) is 31.6 Å². The van der Waals surface area contributed by atoms with Crippen LogP contribution in [0.5, 0.6) is 5.75 Å². The predicted octanol–water partition coefficient (Wildman–Crippen LogP) is 2.92. The lowest BCUT2D eigenvalue weighted by Crippen LogP contribution is -2.46. The molecule has 0 aliphatic carbocycles. The monoisotopic (exact) mass is 352 g/mol. The number of carbonyl (C=O) groups is 1. The lowest BCUT2D eigenvalue weighted by molar-refractivity contribution is 0.0636. The lowest BCUT2D eigenvalue weighted by atomic mass is 10.0. The van der Waals surface area contributed by atoms with Crippen LogP contribution in [0, 0.1) is 0 Å². The van der Waals surface area contributed by atoms with Gasteiger partial charge in [0.2, 0.25) is 0 Å². The molecule has 24 heavy (non-hydrogen) atoms. The highest BCUT2D eigenvalue weighted by atomic mass is 32.2. The van der Waals surface area contributed by atoms with Gasteiger partial charge in [-0.25, -0.2) is 0 Å². The largest absolute Gasteiger partial charge is 0.496 e. The third-order valence-corrected chi connectivity index (χ3v) is 5.65. The van der Waals surface area contributed by atoms with Gasteiger partial charge in [0.15, 0.2) is 0 Å². The van der Waals surface area contributed by atoms with E-state index in [1.165, 1.54) is 17.7 Å². The van der Waals surface area contributed by atoms with Gasteiger partial charge in [0, 0.05) is 42.4 Å². The molecular formula is C18H28N2O3S. The summed E-state index contributed by atoms with van der Waals surface area (Å²) in [6.07, 6.45) is 4.80. The number of hydrogen-bond donors (Lipinski definition) is 0. The highest BCUT2D eigenvalue weighted by Gasteiger charge is 2.30. The molecule has 0 bridgehead atoms. The molecule has 134 valence electrons. The molecule has 1 saturated heterocycles. The van der Waals surface area contributed by atoms with Crippen LogP contribution in [0.3, 0.4) is 0 Å². The van der Waals surface area contributed by atoms with Gasteiger partial charge in [-0.2, -0.15) is 11.8 Å². The van der Waals surface area contributed by atoms with Gasteiger partial charge < -0.3 is 14.2 Å². The topological polar surface area (TPSA) is 51.5 Å². The fourth-order valence-corrected chi connectivity index (χ4v) is 3.92. The van der Waals surface area contributed by atoms with Crippen molar-refractivity contribution in [3.63, 3.8) is 0 Å². The molecule has 1 amide bonds. The van der Waals surface area contributed by atoms with E-state index in [1.807, 2.05) is 16.7 Å². The second-order valence-electron chi connectivity index (χ2n) is 7.28. The number of pyridine rings is 1. The highest BCUT2D eigenvalue weighted by Crippen LogP contribution is 2.30. The summed E-state index contributed by atoms with van der Waals surface area (Å²) in [6, 6.07) is 1.62. The van der Waals surface area contributed by atoms with Gasteiger partial charge >= 0.3 is 0 Å². The molecule has 2 heterocycles. The van der Waals surface area contributed by atoms with Crippen molar-refractivity contribution < 1.29 is 9.53 Å². The van der Waals surface area contributed by atoms with E-state index in [-0.39, 0.29) is 22.3 Å². The van der Waals surface area contributed by atoms with Crippen LogP contribution < -0.4 is 10.3 Å². The summed E-state index contributed by atoms with van der Waals surface area (Å²) >= 11 is 1.89. The van der Waals surface area contributed by atoms with Crippen LogP contribution in [0.25, 0.3) is 0 Å². The minimum atomic E-state index is -0.179. The van der Waals surface area contributed by atoms with Crippen molar-refractivity contribution in [2.24, 2.45) is 7.05 Å². The standard InChI is InChI=1S/C18H28N2O3S/c1-18(2,3)24-12-13-8-6-7-9-20(13)17(22)14-11-19(4)16(21)10-15(14)23-5/h10-11,13H,6-9,12H2,1-5H3. The summed E-state index contributed by atoms with van der Waals surface area (Å²) in [5.74, 6) is 1.25. The summed E-state index contributed by atoms with van der Waals surface area (Å²) in [7, 11) is 3.15. The average molecular weight is 353 g/mol. The van der Waals surface area contributed by atoms with Crippen molar-refractivity contribution in [2.75, 3.05) is 19.4 Å². The number of aromatic nitrogens is 1. The molecule has 1 fully saturated rings. The Labute approximate surface area is 148 Å². The first-order valence-electron chi connectivity index (χ1n) is 8.42. The molecule has 1 aliphatic rings. The molecule has 5 nitrogen and oxygen atoms in total. The molecule has 0 radical (unpaired) electrons. The Hall–Kier alpha value is -1.43. The Kier molecular flexibility index (Phi) is 6.01. The number of rotatable bonds is 4. The Morgan fingerprint density at radius 3 is 2.71 bits per heavy atom. The van der Waals surface area contributed by atoms with E-state index in [9.17, 15) is 9.59 Å². The molecule has 6 heteroatoms. The molecule has 2 rings (SSSR count). The predicted molar refractivity (Wildman–Crippen MR) is 99.1 cm³/mol. The third kappa shape index (κ3) is 4.56. The molecule has 0 spiro atoms. The van der Waals surface area contributed by atoms with E-state index in [0.29, 0.717) is 11.3 Å². The maximum absolute atomic E-state index is 13.1.